The SMILES string of the molecule is CCOC([CH2][Hg][Cl])C(C)([CH2][Hg][Cl])OCC. The van der Waals surface area contributed by atoms with Crippen LogP contribution < -0.4 is 0 Å². The van der Waals surface area contributed by atoms with Gasteiger partial charge < -0.3 is 0 Å². The van der Waals surface area contributed by atoms with Gasteiger partial charge in [-0.25, -0.2) is 0 Å². The fourth-order valence-corrected chi connectivity index (χ4v) is 13.8. The van der Waals surface area contributed by atoms with E-state index in [1.165, 1.54) is 0 Å². The van der Waals surface area contributed by atoms with Crippen LogP contribution in [-0.2, 0) is 56.2 Å². The Hall–Kier alpha value is 2.37. The molecule has 15 heavy (non-hydrogen) atoms. The van der Waals surface area contributed by atoms with Gasteiger partial charge in [-0.15, -0.1) is 0 Å². The Kier molecular flexibility index (Phi) is 11.9. The number of halogens is 2. The monoisotopic (exact) mass is 632 g/mol. The Morgan fingerprint density at radius 3 is 2.27 bits per heavy atom. The second-order valence-electron chi connectivity index (χ2n) is 3.61. The van der Waals surface area contributed by atoms with Gasteiger partial charge in [-0.2, -0.15) is 0 Å². The third kappa shape index (κ3) is 6.76. The minimum absolute atomic E-state index is 0.164. The summed E-state index contributed by atoms with van der Waals surface area (Å²) in [7, 11) is 12.0. The van der Waals surface area contributed by atoms with Crippen molar-refractivity contribution in [3.8, 4) is 0 Å². The van der Waals surface area contributed by atoms with Crippen LogP contribution in [0.4, 0.5) is 0 Å². The van der Waals surface area contributed by atoms with Crippen molar-refractivity contribution in [3.63, 3.8) is 0 Å². The van der Waals surface area contributed by atoms with Crippen LogP contribution in [0.5, 0.6) is 0 Å². The molecule has 0 fully saturated rings. The molecule has 0 saturated heterocycles. The van der Waals surface area contributed by atoms with Gasteiger partial charge in [-0.3, -0.25) is 0 Å². The van der Waals surface area contributed by atoms with Crippen LogP contribution in [0.3, 0.4) is 0 Å². The van der Waals surface area contributed by atoms with Crippen LogP contribution in [0.1, 0.15) is 20.8 Å². The molecule has 2 atom stereocenters. The van der Waals surface area contributed by atoms with E-state index < -0.39 is 46.7 Å². The van der Waals surface area contributed by atoms with Crippen LogP contribution in [0.2, 0.25) is 7.86 Å². The average molecular weight is 630 g/mol. The maximum absolute atomic E-state index is 6.04. The van der Waals surface area contributed by atoms with Crippen molar-refractivity contribution in [1.82, 2.24) is 0 Å². The Bertz CT molecular complexity index is 149. The van der Waals surface area contributed by atoms with E-state index in [2.05, 4.69) is 6.92 Å². The minimum atomic E-state index is -1.22. The predicted octanol–water partition coefficient (Wildman–Crippen LogP) is 3.50. The van der Waals surface area contributed by atoms with E-state index in [4.69, 9.17) is 26.0 Å². The van der Waals surface area contributed by atoms with E-state index in [-0.39, 0.29) is 11.7 Å². The molecule has 0 N–H and O–H groups in total. The molecule has 0 aliphatic heterocycles. The Morgan fingerprint density at radius 2 is 1.87 bits per heavy atom. The van der Waals surface area contributed by atoms with Crippen molar-refractivity contribution in [2.75, 3.05) is 13.2 Å². The summed E-state index contributed by atoms with van der Waals surface area (Å²) >= 11 is -2.41. The first-order valence-corrected chi connectivity index (χ1v) is 26.8. The van der Waals surface area contributed by atoms with Gasteiger partial charge in [0, 0.05) is 0 Å². The van der Waals surface area contributed by atoms with Gasteiger partial charge >= 0.3 is 126 Å². The standard InChI is InChI=1S/C9H18O2.2ClH.2Hg/c1-6-10-8(3)9(4,5)11-7-2;;;;/h8H,3-4,6-7H2,1-2,5H3;2*1H;;/q;;;2*+1/p-2. The van der Waals surface area contributed by atoms with Gasteiger partial charge in [0.1, 0.15) is 0 Å². The van der Waals surface area contributed by atoms with Crippen molar-refractivity contribution in [2.45, 2.75) is 40.3 Å². The molecule has 0 radical (unpaired) electrons. The molecule has 0 aromatic rings. The zero-order valence-electron chi connectivity index (χ0n) is 9.89. The third-order valence-corrected chi connectivity index (χ3v) is 13.5. The van der Waals surface area contributed by atoms with Gasteiger partial charge in [0.25, 0.3) is 0 Å². The van der Waals surface area contributed by atoms with E-state index in [0.29, 0.717) is 0 Å². The van der Waals surface area contributed by atoms with Crippen LogP contribution in [0, 0.1) is 0 Å². The quantitative estimate of drug-likeness (QED) is 0.364. The first-order chi connectivity index (χ1) is 7.14. The molecule has 2 unspecified atom stereocenters. The van der Waals surface area contributed by atoms with E-state index in [0.717, 1.165) is 21.1 Å². The molecule has 0 aromatic carbocycles. The molecular formula is C9H18Cl2Hg2O2. The zero-order chi connectivity index (χ0) is 11.7. The number of ether oxygens (including phenoxy) is 2. The molecule has 0 saturated carbocycles. The summed E-state index contributed by atoms with van der Waals surface area (Å²) < 4.78 is 13.7. The van der Waals surface area contributed by atoms with Crippen molar-refractivity contribution in [3.05, 3.63) is 0 Å². The molecule has 84 valence electrons. The van der Waals surface area contributed by atoms with Gasteiger partial charge in [0.05, 0.1) is 0 Å². The molecule has 0 spiro atoms. The van der Waals surface area contributed by atoms with Crippen molar-refractivity contribution < 1.29 is 56.2 Å². The van der Waals surface area contributed by atoms with Gasteiger partial charge in [-0.1, -0.05) is 0 Å². The first-order valence-electron chi connectivity index (χ1n) is 5.52. The normalized spacial score (nSPS) is 16.3. The van der Waals surface area contributed by atoms with Crippen LogP contribution in [0.15, 0.2) is 0 Å². The van der Waals surface area contributed by atoms with E-state index >= 15 is 0 Å². The van der Waals surface area contributed by atoms with E-state index in [9.17, 15) is 0 Å². The Balaban J connectivity index is 4.48. The molecular weight excluding hydrogens is 612 g/mol. The summed E-state index contributed by atoms with van der Waals surface area (Å²) in [6.45, 7) is 7.65. The van der Waals surface area contributed by atoms with Crippen molar-refractivity contribution in [2.24, 2.45) is 0 Å². The maximum atomic E-state index is 6.04. The fourth-order valence-electron chi connectivity index (χ4n) is 1.71. The molecule has 0 aromatic heterocycles. The fraction of sp³-hybridized carbons (Fsp3) is 1.00. The van der Waals surface area contributed by atoms with Crippen LogP contribution >= 0.6 is 16.5 Å². The van der Waals surface area contributed by atoms with E-state index in [1.54, 1.807) is 0 Å². The second-order valence-corrected chi connectivity index (χ2v) is 17.4. The predicted molar refractivity (Wildman–Crippen MR) is 56.8 cm³/mol. The van der Waals surface area contributed by atoms with Crippen LogP contribution in [-0.4, -0.2) is 24.9 Å². The summed E-state index contributed by atoms with van der Waals surface area (Å²) in [6.07, 6.45) is 0.181. The number of hydrogen-bond acceptors (Lipinski definition) is 2. The molecule has 6 heteroatoms. The molecule has 2 nitrogen and oxygen atoms in total. The zero-order valence-corrected chi connectivity index (χ0v) is 22.4. The van der Waals surface area contributed by atoms with Crippen LogP contribution in [0.25, 0.3) is 0 Å². The first kappa shape index (κ1) is 17.4. The van der Waals surface area contributed by atoms with Gasteiger partial charge in [0.2, 0.25) is 0 Å². The Labute approximate surface area is 124 Å². The molecule has 0 aliphatic carbocycles. The summed E-state index contributed by atoms with van der Waals surface area (Å²) in [6, 6.07) is 0. The van der Waals surface area contributed by atoms with Crippen molar-refractivity contribution >= 4 is 16.5 Å². The third-order valence-electron chi connectivity index (χ3n) is 2.49. The number of rotatable bonds is 9. The summed E-state index contributed by atoms with van der Waals surface area (Å²) in [5, 5.41) is 0. The van der Waals surface area contributed by atoms with Gasteiger partial charge in [-0.05, 0) is 0 Å². The molecule has 0 heterocycles. The molecule has 0 rings (SSSR count). The molecule has 0 bridgehead atoms. The Morgan fingerprint density at radius 1 is 1.20 bits per heavy atom. The molecule has 0 amide bonds. The summed E-state index contributed by atoms with van der Waals surface area (Å²) in [5.41, 5.74) is -0.164. The topological polar surface area (TPSA) is 18.5 Å². The number of hydrogen-bond donors (Lipinski definition) is 0. The van der Waals surface area contributed by atoms with E-state index in [1.807, 2.05) is 13.8 Å². The summed E-state index contributed by atoms with van der Waals surface area (Å²) in [4.78, 5) is 0. The summed E-state index contributed by atoms with van der Waals surface area (Å²) in [5.74, 6) is 0. The average Bonchev–Trinajstić information content (AvgIpc) is 2.18. The second kappa shape index (κ2) is 10.3. The van der Waals surface area contributed by atoms with Crippen molar-refractivity contribution in [1.29, 1.82) is 0 Å². The van der Waals surface area contributed by atoms with Gasteiger partial charge in [0.15, 0.2) is 0 Å². The molecule has 0 aliphatic rings.